The lowest BCUT2D eigenvalue weighted by molar-refractivity contribution is -0.114. The second kappa shape index (κ2) is 8.02. The Labute approximate surface area is 177 Å². The first kappa shape index (κ1) is 21.7. The number of phenolic OH excluding ortho intramolecular Hbond substituents is 3. The Hall–Kier alpha value is -4.00. The number of methoxy groups -OCH3 is 1. The van der Waals surface area contributed by atoms with E-state index in [0.29, 0.717) is 5.57 Å². The maximum atomic E-state index is 13.4. The van der Waals surface area contributed by atoms with Crippen LogP contribution in [0.2, 0.25) is 0 Å². The number of ketones is 1. The minimum absolute atomic E-state index is 0.0208. The Morgan fingerprint density at radius 3 is 2.29 bits per heavy atom. The number of hydrogen-bond acceptors (Lipinski definition) is 7. The van der Waals surface area contributed by atoms with Gasteiger partial charge in [0.15, 0.2) is 17.3 Å². The number of carbonyl (C=O) groups is 1. The van der Waals surface area contributed by atoms with Crippen molar-refractivity contribution < 1.29 is 29.3 Å². The maximum absolute atomic E-state index is 13.4. The van der Waals surface area contributed by atoms with E-state index < -0.39 is 11.2 Å². The van der Waals surface area contributed by atoms with Crippen molar-refractivity contribution in [3.8, 4) is 23.0 Å². The summed E-state index contributed by atoms with van der Waals surface area (Å²) < 4.78 is 11.0. The van der Waals surface area contributed by atoms with Crippen molar-refractivity contribution in [2.45, 2.75) is 20.3 Å². The first-order valence-corrected chi connectivity index (χ1v) is 9.33. The fourth-order valence-electron chi connectivity index (χ4n) is 3.30. The molecule has 31 heavy (non-hydrogen) atoms. The molecule has 3 N–H and O–H groups in total. The first-order valence-electron chi connectivity index (χ1n) is 9.33. The van der Waals surface area contributed by atoms with Gasteiger partial charge in [-0.05, 0) is 25.5 Å². The maximum Gasteiger partial charge on any atom is 0.204 e. The molecule has 7 nitrogen and oxygen atoms in total. The highest BCUT2D eigenvalue weighted by Crippen LogP contribution is 2.40. The van der Waals surface area contributed by atoms with Crippen LogP contribution in [0.4, 0.5) is 0 Å². The van der Waals surface area contributed by atoms with Crippen LogP contribution < -0.4 is 10.2 Å². The molecule has 0 saturated carbocycles. The van der Waals surface area contributed by atoms with Gasteiger partial charge in [0.2, 0.25) is 5.43 Å². The van der Waals surface area contributed by atoms with Gasteiger partial charge in [-0.15, -0.1) is 0 Å². The Bertz CT molecular complexity index is 1360. The van der Waals surface area contributed by atoms with Crippen LogP contribution in [0.25, 0.3) is 28.0 Å². The fraction of sp³-hybridized carbons (Fsp3) is 0.167. The molecule has 0 unspecified atom stereocenters. The van der Waals surface area contributed by atoms with Crippen molar-refractivity contribution in [2.75, 3.05) is 7.11 Å². The monoisotopic (exact) mass is 422 g/mol. The Balaban J connectivity index is 2.48. The van der Waals surface area contributed by atoms with Gasteiger partial charge in [-0.25, -0.2) is 0 Å². The minimum Gasteiger partial charge on any atom is -0.507 e. The van der Waals surface area contributed by atoms with Gasteiger partial charge in [-0.2, -0.15) is 0 Å². The van der Waals surface area contributed by atoms with E-state index in [4.69, 9.17) is 9.15 Å². The van der Waals surface area contributed by atoms with Crippen LogP contribution in [0.15, 0.2) is 51.7 Å². The van der Waals surface area contributed by atoms with Gasteiger partial charge in [0, 0.05) is 24.1 Å². The number of hydrogen-bond donors (Lipinski definition) is 3. The molecule has 0 fully saturated rings. The molecule has 0 aliphatic carbocycles. The van der Waals surface area contributed by atoms with Crippen LogP contribution in [0, 0.1) is 0 Å². The van der Waals surface area contributed by atoms with E-state index in [9.17, 15) is 24.9 Å². The zero-order chi connectivity index (χ0) is 23.0. The number of rotatable bonds is 6. The molecule has 7 heteroatoms. The predicted octanol–water partition coefficient (Wildman–Crippen LogP) is 4.35. The van der Waals surface area contributed by atoms with Crippen molar-refractivity contribution in [1.29, 1.82) is 0 Å². The highest BCUT2D eigenvalue weighted by molar-refractivity contribution is 6.03. The van der Waals surface area contributed by atoms with E-state index >= 15 is 0 Å². The lowest BCUT2D eigenvalue weighted by Crippen LogP contribution is -2.11. The number of benzene rings is 2. The van der Waals surface area contributed by atoms with Gasteiger partial charge >= 0.3 is 0 Å². The molecule has 0 radical (unpaired) electrons. The van der Waals surface area contributed by atoms with Crippen molar-refractivity contribution in [2.24, 2.45) is 0 Å². The standard InChI is InChI=1S/C24H22O7/c1-11(2)6-7-13-16(26)9-19-21(22(13)28)23(29)20-14(8-15(25)12(3)4)24(30-5)17(27)10-18(20)31-19/h6-7,9-10,26-28H,1,3,8H2,2,4-5H3/b7-6+. The van der Waals surface area contributed by atoms with Gasteiger partial charge in [0.1, 0.15) is 28.1 Å². The van der Waals surface area contributed by atoms with E-state index in [1.54, 1.807) is 13.0 Å². The van der Waals surface area contributed by atoms with E-state index in [0.717, 1.165) is 0 Å². The number of carbonyl (C=O) groups excluding carboxylic acids is 1. The van der Waals surface area contributed by atoms with Crippen molar-refractivity contribution in [1.82, 2.24) is 0 Å². The van der Waals surface area contributed by atoms with Crippen molar-refractivity contribution in [3.63, 3.8) is 0 Å². The number of ether oxygens (including phenoxy) is 1. The summed E-state index contributed by atoms with van der Waals surface area (Å²) in [6.45, 7) is 10.6. The van der Waals surface area contributed by atoms with Crippen molar-refractivity contribution >= 4 is 33.8 Å². The Kier molecular flexibility index (Phi) is 5.62. The summed E-state index contributed by atoms with van der Waals surface area (Å²) in [5, 5.41) is 31.2. The zero-order valence-electron chi connectivity index (χ0n) is 17.4. The third-order valence-corrected chi connectivity index (χ3v) is 4.83. The number of aromatic hydroxyl groups is 3. The smallest absolute Gasteiger partial charge is 0.204 e. The second-order valence-corrected chi connectivity index (χ2v) is 7.30. The largest absolute Gasteiger partial charge is 0.507 e. The lowest BCUT2D eigenvalue weighted by atomic mass is 9.97. The molecule has 1 aromatic heterocycles. The van der Waals surface area contributed by atoms with Gasteiger partial charge in [-0.3, -0.25) is 9.59 Å². The van der Waals surface area contributed by atoms with Gasteiger partial charge in [-0.1, -0.05) is 24.8 Å². The molecule has 0 saturated heterocycles. The van der Waals surface area contributed by atoms with Crippen LogP contribution in [-0.2, 0) is 11.2 Å². The molecule has 2 aromatic carbocycles. The molecule has 160 valence electrons. The number of Topliss-reactive ketones (excluding diaryl/α,β-unsaturated/α-hetero) is 1. The quantitative estimate of drug-likeness (QED) is 0.307. The molecule has 3 aromatic rings. The second-order valence-electron chi connectivity index (χ2n) is 7.30. The molecule has 0 aliphatic rings. The summed E-state index contributed by atoms with van der Waals surface area (Å²) in [5.41, 5.74) is 0.335. The molecule has 1 heterocycles. The number of phenols is 3. The summed E-state index contributed by atoms with van der Waals surface area (Å²) in [6, 6.07) is 2.39. The first-order chi connectivity index (χ1) is 14.6. The third-order valence-electron chi connectivity index (χ3n) is 4.83. The lowest BCUT2D eigenvalue weighted by Gasteiger charge is -2.14. The van der Waals surface area contributed by atoms with E-state index in [2.05, 4.69) is 13.2 Å². The van der Waals surface area contributed by atoms with E-state index in [1.165, 1.54) is 32.2 Å². The van der Waals surface area contributed by atoms with Crippen LogP contribution in [-0.4, -0.2) is 28.2 Å². The zero-order valence-corrected chi connectivity index (χ0v) is 17.4. The molecule has 0 amide bonds. The van der Waals surface area contributed by atoms with Gasteiger partial charge in [0.25, 0.3) is 0 Å². The van der Waals surface area contributed by atoms with E-state index in [-0.39, 0.29) is 68.1 Å². The minimum atomic E-state index is -0.637. The third kappa shape index (κ3) is 3.77. The molecule has 0 spiro atoms. The summed E-state index contributed by atoms with van der Waals surface area (Å²) in [4.78, 5) is 25.8. The number of fused-ring (bicyclic) bond motifs is 2. The van der Waals surface area contributed by atoms with Crippen LogP contribution in [0.5, 0.6) is 23.0 Å². The predicted molar refractivity (Wildman–Crippen MR) is 119 cm³/mol. The van der Waals surface area contributed by atoms with Gasteiger partial charge in [0.05, 0.1) is 18.1 Å². The summed E-state index contributed by atoms with van der Waals surface area (Å²) >= 11 is 0. The summed E-state index contributed by atoms with van der Waals surface area (Å²) in [7, 11) is 1.30. The highest BCUT2D eigenvalue weighted by Gasteiger charge is 2.24. The summed E-state index contributed by atoms with van der Waals surface area (Å²) in [5.74, 6) is -1.51. The topological polar surface area (TPSA) is 117 Å². The normalized spacial score (nSPS) is 11.3. The van der Waals surface area contributed by atoms with Crippen LogP contribution in [0.1, 0.15) is 25.0 Å². The molecule has 0 atom stereocenters. The Morgan fingerprint density at radius 2 is 1.71 bits per heavy atom. The average molecular weight is 422 g/mol. The van der Waals surface area contributed by atoms with Crippen LogP contribution >= 0.6 is 0 Å². The van der Waals surface area contributed by atoms with Gasteiger partial charge < -0.3 is 24.5 Å². The summed E-state index contributed by atoms with van der Waals surface area (Å²) in [6.07, 6.45) is 2.74. The molecule has 0 aliphatic heterocycles. The average Bonchev–Trinajstić information content (AvgIpc) is 2.66. The highest BCUT2D eigenvalue weighted by atomic mass is 16.5. The number of allylic oxidation sites excluding steroid dienone is 3. The molecular weight excluding hydrogens is 400 g/mol. The molecule has 0 bridgehead atoms. The molecular formula is C24H22O7. The van der Waals surface area contributed by atoms with Crippen molar-refractivity contribution in [3.05, 3.63) is 63.9 Å². The Morgan fingerprint density at radius 1 is 1.10 bits per heavy atom. The fourth-order valence-corrected chi connectivity index (χ4v) is 3.30. The van der Waals surface area contributed by atoms with Crippen LogP contribution in [0.3, 0.4) is 0 Å². The van der Waals surface area contributed by atoms with E-state index in [1.807, 2.05) is 0 Å². The SMILES string of the molecule is C=C(C)/C=C/c1c(O)cc2oc3cc(O)c(OC)c(CC(=O)C(=C)C)c3c(=O)c2c1O. The molecule has 3 rings (SSSR count).